The van der Waals surface area contributed by atoms with Gasteiger partial charge in [0.25, 0.3) is 0 Å². The maximum absolute atomic E-state index is 14.1. The van der Waals surface area contributed by atoms with Crippen LogP contribution in [0, 0.1) is 18.3 Å². The number of nitrogens with zero attached hydrogens (tertiary/aromatic N) is 4. The second-order valence-electron chi connectivity index (χ2n) is 15.3. The second-order valence-corrected chi connectivity index (χ2v) is 15.3. The van der Waals surface area contributed by atoms with E-state index < -0.39 is 6.10 Å². The van der Waals surface area contributed by atoms with Gasteiger partial charge in [0.15, 0.2) is 0 Å². The number of ether oxygens (including phenoxy) is 2. The molecule has 1 saturated heterocycles. The van der Waals surface area contributed by atoms with E-state index in [2.05, 4.69) is 40.6 Å². The van der Waals surface area contributed by atoms with Crippen LogP contribution in [0.2, 0.25) is 0 Å². The molecule has 3 heterocycles. The number of nitrogens with one attached hydrogen (secondary N) is 1. The fourth-order valence-electron chi connectivity index (χ4n) is 8.68. The van der Waals surface area contributed by atoms with E-state index in [4.69, 9.17) is 18.9 Å². The van der Waals surface area contributed by atoms with Crippen LogP contribution in [0.1, 0.15) is 113 Å². The summed E-state index contributed by atoms with van der Waals surface area (Å²) < 4.78 is 17.3. The summed E-state index contributed by atoms with van der Waals surface area (Å²) in [6.07, 6.45) is 9.44. The summed E-state index contributed by atoms with van der Waals surface area (Å²) in [6, 6.07) is 10.3. The predicted octanol–water partition coefficient (Wildman–Crippen LogP) is 6.39. The lowest BCUT2D eigenvalue weighted by Gasteiger charge is -2.56. The van der Waals surface area contributed by atoms with Gasteiger partial charge in [0.1, 0.15) is 11.9 Å². The van der Waals surface area contributed by atoms with E-state index in [1.165, 1.54) is 10.5 Å². The van der Waals surface area contributed by atoms with Gasteiger partial charge in [-0.3, -0.25) is 9.78 Å². The molecule has 2 bridgehead atoms. The quantitative estimate of drug-likeness (QED) is 0.265. The van der Waals surface area contributed by atoms with Crippen LogP contribution in [0.3, 0.4) is 0 Å². The molecule has 1 atom stereocenters. The first-order valence-electron chi connectivity index (χ1n) is 18.0. The molecule has 2 amide bonds. The van der Waals surface area contributed by atoms with Gasteiger partial charge in [-0.15, -0.1) is 10.2 Å². The van der Waals surface area contributed by atoms with Gasteiger partial charge in [0, 0.05) is 23.6 Å². The topological polar surface area (TPSA) is 140 Å². The zero-order chi connectivity index (χ0) is 34.3. The van der Waals surface area contributed by atoms with Gasteiger partial charge in [-0.05, 0) is 111 Å². The number of benzene rings is 1. The third-order valence-corrected chi connectivity index (χ3v) is 11.9. The van der Waals surface area contributed by atoms with Crippen LogP contribution < -0.4 is 10.1 Å². The van der Waals surface area contributed by atoms with Gasteiger partial charge in [-0.25, -0.2) is 4.79 Å². The third-order valence-electron chi connectivity index (χ3n) is 11.9. The van der Waals surface area contributed by atoms with Crippen LogP contribution in [0.15, 0.2) is 40.9 Å². The summed E-state index contributed by atoms with van der Waals surface area (Å²) in [5, 5.41) is 21.6. The van der Waals surface area contributed by atoms with Gasteiger partial charge in [-0.2, -0.15) is 0 Å². The standard InChI is InChI=1S/C38H49N5O6/c1-23(2)34-41-42-35(49-34)26-11-18-39-30(20-26)32(40-33(45)25-5-8-29(9-6-25)48-36(46)43-21-28(44)22-43)38-15-12-37(13-16-38,14-17-38)27-7-10-31(47-4)24(3)19-27/h7,10-11,18-20,23,25,28-29,32,44H,5-6,8-9,12-17,21-22H2,1-4H3,(H,40,45). The molecular weight excluding hydrogens is 622 g/mol. The lowest BCUT2D eigenvalue weighted by molar-refractivity contribution is -0.129. The van der Waals surface area contributed by atoms with Crippen LogP contribution in [-0.2, 0) is 14.9 Å². The summed E-state index contributed by atoms with van der Waals surface area (Å²) in [4.78, 5) is 32.9. The molecule has 2 N–H and O–H groups in total. The molecule has 2 aromatic heterocycles. The van der Waals surface area contributed by atoms with Crippen molar-refractivity contribution >= 4 is 12.0 Å². The molecule has 4 aliphatic carbocycles. The van der Waals surface area contributed by atoms with Crippen molar-refractivity contribution in [2.24, 2.45) is 11.3 Å². The zero-order valence-corrected chi connectivity index (χ0v) is 29.1. The number of pyridine rings is 1. The highest BCUT2D eigenvalue weighted by Gasteiger charge is 2.54. The molecule has 1 aliphatic heterocycles. The number of aliphatic hydroxyl groups excluding tert-OH is 1. The molecule has 49 heavy (non-hydrogen) atoms. The molecule has 8 rings (SSSR count). The molecule has 11 heteroatoms. The van der Waals surface area contributed by atoms with Crippen molar-refractivity contribution in [3.8, 4) is 17.2 Å². The molecule has 0 radical (unpaired) electrons. The highest BCUT2D eigenvalue weighted by Crippen LogP contribution is 2.62. The summed E-state index contributed by atoms with van der Waals surface area (Å²) >= 11 is 0. The number of aliphatic hydroxyl groups is 1. The first-order chi connectivity index (χ1) is 23.6. The Bertz CT molecular complexity index is 1650. The van der Waals surface area contributed by atoms with Crippen LogP contribution in [0.5, 0.6) is 5.75 Å². The van der Waals surface area contributed by atoms with Crippen LogP contribution in [0.25, 0.3) is 11.5 Å². The molecule has 11 nitrogen and oxygen atoms in total. The Morgan fingerprint density at radius 3 is 2.33 bits per heavy atom. The van der Waals surface area contributed by atoms with E-state index in [1.807, 2.05) is 26.0 Å². The van der Waals surface area contributed by atoms with Crippen molar-refractivity contribution in [2.45, 2.75) is 115 Å². The zero-order valence-electron chi connectivity index (χ0n) is 29.1. The average molecular weight is 672 g/mol. The third kappa shape index (κ3) is 6.54. The summed E-state index contributed by atoms with van der Waals surface area (Å²) in [5.41, 5.74) is 4.17. The van der Waals surface area contributed by atoms with Crippen LogP contribution in [-0.4, -0.2) is 69.6 Å². The van der Waals surface area contributed by atoms with Crippen molar-refractivity contribution in [2.75, 3.05) is 20.2 Å². The number of carbonyl (C=O) groups excluding carboxylic acids is 2. The largest absolute Gasteiger partial charge is 0.496 e. The Kier molecular flexibility index (Phi) is 9.15. The molecule has 0 spiro atoms. The fraction of sp³-hybridized carbons (Fsp3) is 0.605. The highest BCUT2D eigenvalue weighted by molar-refractivity contribution is 5.79. The Morgan fingerprint density at radius 2 is 1.71 bits per heavy atom. The summed E-state index contributed by atoms with van der Waals surface area (Å²) in [5.74, 6) is 1.95. The maximum atomic E-state index is 14.1. The number of aromatic nitrogens is 3. The molecular formula is C38H49N5O6. The van der Waals surface area contributed by atoms with Gasteiger partial charge in [0.2, 0.25) is 17.7 Å². The minimum atomic E-state index is -0.463. The van der Waals surface area contributed by atoms with Gasteiger partial charge in [0.05, 0.1) is 38.0 Å². The Morgan fingerprint density at radius 1 is 1.00 bits per heavy atom. The minimum absolute atomic E-state index is 0.0373. The van der Waals surface area contributed by atoms with E-state index in [-0.39, 0.29) is 46.8 Å². The van der Waals surface area contributed by atoms with Crippen molar-refractivity contribution in [3.05, 3.63) is 59.2 Å². The number of carbonyl (C=O) groups is 2. The molecule has 4 saturated carbocycles. The first kappa shape index (κ1) is 33.5. The van der Waals surface area contributed by atoms with Gasteiger partial charge < -0.3 is 29.2 Å². The Balaban J connectivity index is 1.10. The number of methoxy groups -OCH3 is 1. The lowest BCUT2D eigenvalue weighted by Crippen LogP contribution is -2.54. The van der Waals surface area contributed by atoms with Gasteiger partial charge >= 0.3 is 6.09 Å². The van der Waals surface area contributed by atoms with Crippen molar-refractivity contribution in [1.82, 2.24) is 25.4 Å². The normalized spacial score (nSPS) is 27.4. The van der Waals surface area contributed by atoms with E-state index in [1.54, 1.807) is 13.3 Å². The van der Waals surface area contributed by atoms with E-state index in [0.29, 0.717) is 50.6 Å². The SMILES string of the molecule is COc1ccc(C23CCC(C(NC(=O)C4CCC(OC(=O)N5CC(O)C5)CC4)c4cc(-c5nnc(C(C)C)o5)ccn4)(CC2)CC3)cc1C. The second kappa shape index (κ2) is 13.4. The molecule has 1 unspecified atom stereocenters. The van der Waals surface area contributed by atoms with Crippen molar-refractivity contribution in [1.29, 1.82) is 0 Å². The molecule has 262 valence electrons. The number of β-amino-alcohol motifs (C(OH)–C–C–N with tert-alkyl or cyclic N) is 1. The number of amides is 2. The number of fused-ring (bicyclic) bond motifs is 3. The van der Waals surface area contributed by atoms with Crippen LogP contribution in [0.4, 0.5) is 4.79 Å². The molecule has 5 fully saturated rings. The smallest absolute Gasteiger partial charge is 0.410 e. The first-order valence-corrected chi connectivity index (χ1v) is 18.0. The van der Waals surface area contributed by atoms with E-state index >= 15 is 0 Å². The number of hydrogen-bond acceptors (Lipinski definition) is 9. The lowest BCUT2D eigenvalue weighted by atomic mass is 9.49. The number of hydrogen-bond donors (Lipinski definition) is 2. The van der Waals surface area contributed by atoms with Gasteiger partial charge in [-0.1, -0.05) is 26.0 Å². The molecule has 5 aliphatic rings. The Labute approximate surface area is 288 Å². The van der Waals surface area contributed by atoms with Crippen molar-refractivity contribution < 1.29 is 28.6 Å². The fourth-order valence-corrected chi connectivity index (χ4v) is 8.68. The predicted molar refractivity (Wildman–Crippen MR) is 182 cm³/mol. The monoisotopic (exact) mass is 671 g/mol. The summed E-state index contributed by atoms with van der Waals surface area (Å²) in [6.45, 7) is 6.80. The number of likely N-dealkylation sites (tertiary alicyclic amines) is 1. The number of aryl methyl sites for hydroxylation is 1. The Hall–Kier alpha value is -3.99. The summed E-state index contributed by atoms with van der Waals surface area (Å²) in [7, 11) is 1.72. The minimum Gasteiger partial charge on any atom is -0.496 e. The average Bonchev–Trinajstić information content (AvgIpc) is 3.61. The highest BCUT2D eigenvalue weighted by atomic mass is 16.6. The van der Waals surface area contributed by atoms with E-state index in [0.717, 1.165) is 61.1 Å². The van der Waals surface area contributed by atoms with E-state index in [9.17, 15) is 14.7 Å². The molecule has 1 aromatic carbocycles. The van der Waals surface area contributed by atoms with Crippen molar-refractivity contribution in [3.63, 3.8) is 0 Å². The maximum Gasteiger partial charge on any atom is 0.410 e. The van der Waals surface area contributed by atoms with Crippen LogP contribution >= 0.6 is 0 Å². The molecule has 3 aromatic rings. The number of rotatable bonds is 9.